The Hall–Kier alpha value is -1.50. The fraction of sp³-hybridized carbons (Fsp3) is 0.545. The van der Waals surface area contributed by atoms with E-state index in [0.717, 1.165) is 18.6 Å². The smallest absolute Gasteiger partial charge is 0.356 e. The van der Waals surface area contributed by atoms with Crippen molar-refractivity contribution in [3.05, 3.63) is 17.5 Å². The molecule has 1 unspecified atom stereocenters. The zero-order chi connectivity index (χ0) is 13.0. The van der Waals surface area contributed by atoms with Crippen LogP contribution in [0.1, 0.15) is 29.0 Å². The first-order valence-electron chi connectivity index (χ1n) is 5.83. The van der Waals surface area contributed by atoms with Crippen molar-refractivity contribution in [2.45, 2.75) is 24.5 Å². The molecule has 98 valence electrons. The number of carboxylic acid groups (broad SMARTS) is 1. The Bertz CT molecular complexity index is 440. The molecule has 3 N–H and O–H groups in total. The van der Waals surface area contributed by atoms with E-state index < -0.39 is 5.97 Å². The Balaban J connectivity index is 1.74. The van der Waals surface area contributed by atoms with Crippen molar-refractivity contribution < 1.29 is 14.7 Å². The van der Waals surface area contributed by atoms with Gasteiger partial charge in [-0.25, -0.2) is 4.79 Å². The molecular weight excluding hydrogens is 254 g/mol. The molecule has 6 nitrogen and oxygen atoms in total. The predicted molar refractivity (Wildman–Crippen MR) is 67.7 cm³/mol. The van der Waals surface area contributed by atoms with Gasteiger partial charge < -0.3 is 10.4 Å². The van der Waals surface area contributed by atoms with E-state index in [0.29, 0.717) is 18.7 Å². The topological polar surface area (TPSA) is 95.1 Å². The van der Waals surface area contributed by atoms with Gasteiger partial charge in [-0.1, -0.05) is 0 Å². The van der Waals surface area contributed by atoms with Crippen molar-refractivity contribution in [3.8, 4) is 0 Å². The monoisotopic (exact) mass is 269 g/mol. The van der Waals surface area contributed by atoms with Gasteiger partial charge in [0, 0.05) is 18.7 Å². The van der Waals surface area contributed by atoms with E-state index in [1.54, 1.807) is 11.8 Å². The number of rotatable bonds is 5. The second-order valence-corrected chi connectivity index (χ2v) is 5.44. The van der Waals surface area contributed by atoms with Crippen molar-refractivity contribution in [2.75, 3.05) is 12.3 Å². The number of aromatic amines is 1. The quantitative estimate of drug-likeness (QED) is 0.730. The highest BCUT2D eigenvalue weighted by atomic mass is 32.2. The molecular formula is C11H15N3O3S. The zero-order valence-corrected chi connectivity index (χ0v) is 10.6. The normalized spacial score (nSPS) is 18.8. The van der Waals surface area contributed by atoms with E-state index in [1.165, 1.54) is 6.07 Å². The Kier molecular flexibility index (Phi) is 4.24. The predicted octanol–water partition coefficient (Wildman–Crippen LogP) is 0.662. The highest BCUT2D eigenvalue weighted by Gasteiger charge is 2.22. The number of carbonyl (C=O) groups is 2. The molecule has 1 saturated heterocycles. The van der Waals surface area contributed by atoms with Crippen LogP contribution in [0.3, 0.4) is 0 Å². The second kappa shape index (κ2) is 5.90. The molecule has 0 aliphatic carbocycles. The van der Waals surface area contributed by atoms with Crippen LogP contribution in [-0.4, -0.2) is 44.7 Å². The SMILES string of the molecule is O=C(O)c1cc(CCNC(=O)C2CCCS2)[nH]n1. The summed E-state index contributed by atoms with van der Waals surface area (Å²) in [6.45, 7) is 0.497. The third kappa shape index (κ3) is 3.25. The van der Waals surface area contributed by atoms with Crippen molar-refractivity contribution in [1.82, 2.24) is 15.5 Å². The fourth-order valence-corrected chi connectivity index (χ4v) is 3.00. The van der Waals surface area contributed by atoms with Crippen LogP contribution in [0.15, 0.2) is 6.07 Å². The van der Waals surface area contributed by atoms with E-state index in [-0.39, 0.29) is 16.9 Å². The molecule has 0 radical (unpaired) electrons. The van der Waals surface area contributed by atoms with Gasteiger partial charge in [-0.05, 0) is 24.7 Å². The molecule has 7 heteroatoms. The van der Waals surface area contributed by atoms with Crippen LogP contribution in [-0.2, 0) is 11.2 Å². The maximum atomic E-state index is 11.7. The number of nitrogens with zero attached hydrogens (tertiary/aromatic N) is 1. The minimum Gasteiger partial charge on any atom is -0.476 e. The number of nitrogens with one attached hydrogen (secondary N) is 2. The summed E-state index contributed by atoms with van der Waals surface area (Å²) < 4.78 is 0. The molecule has 2 heterocycles. The molecule has 1 fully saturated rings. The Labute approximate surface area is 109 Å². The molecule has 1 atom stereocenters. The van der Waals surface area contributed by atoms with Gasteiger partial charge in [0.15, 0.2) is 5.69 Å². The molecule has 0 aromatic carbocycles. The van der Waals surface area contributed by atoms with Crippen molar-refractivity contribution >= 4 is 23.6 Å². The Morgan fingerprint density at radius 2 is 2.44 bits per heavy atom. The van der Waals surface area contributed by atoms with Crippen LogP contribution >= 0.6 is 11.8 Å². The van der Waals surface area contributed by atoms with Crippen molar-refractivity contribution in [1.29, 1.82) is 0 Å². The molecule has 1 aromatic heterocycles. The molecule has 0 saturated carbocycles. The van der Waals surface area contributed by atoms with Crippen molar-refractivity contribution in [3.63, 3.8) is 0 Å². The summed E-state index contributed by atoms with van der Waals surface area (Å²) >= 11 is 1.69. The van der Waals surface area contributed by atoms with Gasteiger partial charge in [-0.3, -0.25) is 9.89 Å². The second-order valence-electron chi connectivity index (χ2n) is 4.13. The lowest BCUT2D eigenvalue weighted by atomic mass is 10.2. The number of aromatic nitrogens is 2. The summed E-state index contributed by atoms with van der Waals surface area (Å²) in [6, 6.07) is 1.48. The van der Waals surface area contributed by atoms with E-state index >= 15 is 0 Å². The Morgan fingerprint density at radius 1 is 1.61 bits per heavy atom. The molecule has 2 rings (SSSR count). The molecule has 1 aromatic rings. The van der Waals surface area contributed by atoms with Crippen LogP contribution in [0.2, 0.25) is 0 Å². The van der Waals surface area contributed by atoms with Gasteiger partial charge in [0.05, 0.1) is 5.25 Å². The summed E-state index contributed by atoms with van der Waals surface area (Å²) in [5, 5.41) is 17.9. The van der Waals surface area contributed by atoms with E-state index in [1.807, 2.05) is 0 Å². The van der Waals surface area contributed by atoms with Gasteiger partial charge in [0.2, 0.25) is 5.91 Å². The number of amides is 1. The zero-order valence-electron chi connectivity index (χ0n) is 9.81. The molecule has 0 spiro atoms. The first kappa shape index (κ1) is 12.9. The summed E-state index contributed by atoms with van der Waals surface area (Å²) in [6.07, 6.45) is 2.61. The van der Waals surface area contributed by atoms with Crippen molar-refractivity contribution in [2.24, 2.45) is 0 Å². The van der Waals surface area contributed by atoms with E-state index in [4.69, 9.17) is 5.11 Å². The maximum Gasteiger partial charge on any atom is 0.356 e. The van der Waals surface area contributed by atoms with Gasteiger partial charge in [0.25, 0.3) is 0 Å². The van der Waals surface area contributed by atoms with Gasteiger partial charge in [-0.2, -0.15) is 5.10 Å². The number of hydrogen-bond acceptors (Lipinski definition) is 4. The van der Waals surface area contributed by atoms with Gasteiger partial charge in [0.1, 0.15) is 0 Å². The molecule has 1 aliphatic rings. The third-order valence-corrected chi connectivity index (χ3v) is 4.14. The van der Waals surface area contributed by atoms with Gasteiger partial charge >= 0.3 is 5.97 Å². The van der Waals surface area contributed by atoms with Crippen LogP contribution in [0.25, 0.3) is 0 Å². The van der Waals surface area contributed by atoms with Crippen LogP contribution in [0.5, 0.6) is 0 Å². The number of carboxylic acids is 1. The number of carbonyl (C=O) groups excluding carboxylic acids is 1. The molecule has 1 amide bonds. The Morgan fingerprint density at radius 3 is 3.06 bits per heavy atom. The summed E-state index contributed by atoms with van der Waals surface area (Å²) in [4.78, 5) is 22.3. The van der Waals surface area contributed by atoms with E-state index in [2.05, 4.69) is 15.5 Å². The standard InChI is InChI=1S/C11H15N3O3S/c15-10(9-2-1-5-18-9)12-4-3-7-6-8(11(16)17)14-13-7/h6,9H,1-5H2,(H,12,15)(H,13,14)(H,16,17). The minimum atomic E-state index is -1.05. The van der Waals surface area contributed by atoms with Crippen LogP contribution in [0, 0.1) is 0 Å². The first-order chi connectivity index (χ1) is 8.66. The molecule has 18 heavy (non-hydrogen) atoms. The lowest BCUT2D eigenvalue weighted by Gasteiger charge is -2.08. The third-order valence-electron chi connectivity index (χ3n) is 2.77. The van der Waals surface area contributed by atoms with Crippen LogP contribution in [0.4, 0.5) is 0 Å². The average molecular weight is 269 g/mol. The fourth-order valence-electron chi connectivity index (χ4n) is 1.82. The van der Waals surface area contributed by atoms with E-state index in [9.17, 15) is 9.59 Å². The largest absolute Gasteiger partial charge is 0.476 e. The number of H-pyrrole nitrogens is 1. The molecule has 0 bridgehead atoms. The highest BCUT2D eigenvalue weighted by Crippen LogP contribution is 2.25. The summed E-state index contributed by atoms with van der Waals surface area (Å²) in [5.74, 6) is 0.0833. The molecule has 1 aliphatic heterocycles. The summed E-state index contributed by atoms with van der Waals surface area (Å²) in [7, 11) is 0. The maximum absolute atomic E-state index is 11.7. The van der Waals surface area contributed by atoms with Gasteiger partial charge in [-0.15, -0.1) is 11.8 Å². The first-order valence-corrected chi connectivity index (χ1v) is 6.88. The lowest BCUT2D eigenvalue weighted by Crippen LogP contribution is -2.32. The number of hydrogen-bond donors (Lipinski definition) is 3. The average Bonchev–Trinajstić information content (AvgIpc) is 3.00. The number of thioether (sulfide) groups is 1. The number of aromatic carboxylic acids is 1. The minimum absolute atomic E-state index is 0.00248. The highest BCUT2D eigenvalue weighted by molar-refractivity contribution is 8.00. The van der Waals surface area contributed by atoms with Crippen LogP contribution < -0.4 is 5.32 Å². The summed E-state index contributed by atoms with van der Waals surface area (Å²) in [5.41, 5.74) is 0.717. The lowest BCUT2D eigenvalue weighted by molar-refractivity contribution is -0.120.